The van der Waals surface area contributed by atoms with Crippen molar-refractivity contribution in [2.24, 2.45) is 0 Å². The fraction of sp³-hybridized carbons (Fsp3) is 0.889. The van der Waals surface area contributed by atoms with Gasteiger partial charge in [-0.05, 0) is 6.42 Å². The lowest BCUT2D eigenvalue weighted by molar-refractivity contribution is -0.870. The van der Waals surface area contributed by atoms with Gasteiger partial charge in [0.05, 0.1) is 34.4 Å². The Morgan fingerprint density at radius 2 is 1.42 bits per heavy atom. The molecule has 36 heavy (non-hydrogen) atoms. The van der Waals surface area contributed by atoms with Gasteiger partial charge in [0.2, 0.25) is 0 Å². The third-order valence-corrected chi connectivity index (χ3v) is 7.00. The van der Waals surface area contributed by atoms with E-state index in [-0.39, 0.29) is 25.4 Å². The number of hydrogen-bond donors (Lipinski definition) is 2. The van der Waals surface area contributed by atoms with Gasteiger partial charge in [-0.1, -0.05) is 90.0 Å². The molecule has 0 saturated carbocycles. The van der Waals surface area contributed by atoms with Crippen LogP contribution in [0.4, 0.5) is 0 Å². The first kappa shape index (κ1) is 35.4. The molecule has 0 amide bonds. The van der Waals surface area contributed by atoms with Crippen LogP contribution in [-0.2, 0) is 23.1 Å². The fourth-order valence-electron chi connectivity index (χ4n) is 3.77. The molecule has 9 heteroatoms. The number of phosphoric ester groups is 1. The van der Waals surface area contributed by atoms with Gasteiger partial charge in [-0.25, -0.2) is 4.57 Å². The van der Waals surface area contributed by atoms with Crippen molar-refractivity contribution in [2.75, 3.05) is 47.5 Å². The van der Waals surface area contributed by atoms with E-state index in [2.05, 4.69) is 13.5 Å². The van der Waals surface area contributed by atoms with Crippen LogP contribution in [-0.4, -0.2) is 80.0 Å². The van der Waals surface area contributed by atoms with E-state index in [9.17, 15) is 19.4 Å². The molecule has 0 radical (unpaired) electrons. The number of carbonyl (C=O) groups excluding carboxylic acids is 1. The van der Waals surface area contributed by atoms with Crippen molar-refractivity contribution in [3.05, 3.63) is 12.7 Å². The van der Waals surface area contributed by atoms with Crippen molar-refractivity contribution < 1.29 is 37.6 Å². The number of aliphatic hydroxyl groups is 1. The zero-order valence-corrected chi connectivity index (χ0v) is 24.4. The van der Waals surface area contributed by atoms with Crippen LogP contribution in [0, 0.1) is 0 Å². The Morgan fingerprint density at radius 3 is 1.89 bits per heavy atom. The van der Waals surface area contributed by atoms with Gasteiger partial charge >= 0.3 is 7.82 Å². The van der Waals surface area contributed by atoms with Gasteiger partial charge in [-0.3, -0.25) is 13.8 Å². The summed E-state index contributed by atoms with van der Waals surface area (Å²) in [5.74, 6) is -0.241. The molecule has 8 nitrogen and oxygen atoms in total. The number of unbranched alkanes of at least 4 members (excludes halogenated alkanes) is 12. The number of phosphoric acid groups is 1. The van der Waals surface area contributed by atoms with Crippen molar-refractivity contribution >= 4 is 13.6 Å². The Kier molecular flexibility index (Phi) is 21.0. The molecule has 0 aromatic carbocycles. The maximum atomic E-state index is 12.7. The Labute approximate surface area is 220 Å². The largest absolute Gasteiger partial charge is 0.472 e. The second-order valence-corrected chi connectivity index (χ2v) is 12.1. The summed E-state index contributed by atoms with van der Waals surface area (Å²) in [6.07, 6.45) is 15.1. The first-order chi connectivity index (χ1) is 17.0. The van der Waals surface area contributed by atoms with Crippen LogP contribution < -0.4 is 0 Å². The zero-order valence-electron chi connectivity index (χ0n) is 23.5. The topological polar surface area (TPSA) is 102 Å². The zero-order chi connectivity index (χ0) is 27.3. The highest BCUT2D eigenvalue weighted by Crippen LogP contribution is 2.43. The van der Waals surface area contributed by atoms with Crippen LogP contribution in [0.25, 0.3) is 0 Å². The molecule has 0 fully saturated rings. The van der Waals surface area contributed by atoms with E-state index in [0.29, 0.717) is 11.0 Å². The van der Waals surface area contributed by atoms with E-state index in [1.54, 1.807) is 0 Å². The summed E-state index contributed by atoms with van der Waals surface area (Å²) in [7, 11) is 1.46. The van der Waals surface area contributed by atoms with Gasteiger partial charge in [-0.2, -0.15) is 0 Å². The number of nitrogens with zero attached hydrogens (tertiary/aromatic N) is 1. The third-order valence-electron chi connectivity index (χ3n) is 6.01. The number of rotatable bonds is 26. The molecule has 3 atom stereocenters. The highest BCUT2D eigenvalue weighted by molar-refractivity contribution is 7.47. The maximum absolute atomic E-state index is 12.7. The molecule has 0 rings (SSSR count). The fourth-order valence-corrected chi connectivity index (χ4v) is 4.50. The highest BCUT2D eigenvalue weighted by Gasteiger charge is 2.31. The SMILES string of the molecule is C=CCOC(C(=O)CCCCCCCCCCCCCCC)[C@@H](O)COP(=O)(O)OCC[N+](C)(C)C. The monoisotopic (exact) mass is 536 g/mol. The van der Waals surface area contributed by atoms with Crippen LogP contribution in [0.1, 0.15) is 96.8 Å². The molecule has 0 bridgehead atoms. The summed E-state index contributed by atoms with van der Waals surface area (Å²) in [6.45, 7) is 5.91. The first-order valence-electron chi connectivity index (χ1n) is 13.9. The third kappa shape index (κ3) is 21.5. The number of hydrogen-bond acceptors (Lipinski definition) is 6. The molecule has 0 saturated heterocycles. The Bertz CT molecular complexity index is 609. The van der Waals surface area contributed by atoms with E-state index in [1.807, 2.05) is 21.1 Å². The molecule has 214 valence electrons. The molecule has 0 aliphatic rings. The predicted molar refractivity (Wildman–Crippen MR) is 146 cm³/mol. The molecule has 0 aromatic rings. The maximum Gasteiger partial charge on any atom is 0.472 e. The minimum Gasteiger partial charge on any atom is -0.387 e. The van der Waals surface area contributed by atoms with Crippen LogP contribution in [0.15, 0.2) is 12.7 Å². The molecule has 0 aliphatic heterocycles. The van der Waals surface area contributed by atoms with E-state index in [4.69, 9.17) is 13.8 Å². The van der Waals surface area contributed by atoms with E-state index < -0.39 is 26.6 Å². The molecule has 0 aliphatic carbocycles. The van der Waals surface area contributed by atoms with Gasteiger partial charge in [0, 0.05) is 6.42 Å². The number of ketones is 1. The molecule has 0 heterocycles. The Balaban J connectivity index is 4.17. The second-order valence-electron chi connectivity index (χ2n) is 10.7. The normalized spacial score (nSPS) is 15.4. The lowest BCUT2D eigenvalue weighted by Crippen LogP contribution is -2.39. The van der Waals surface area contributed by atoms with Crippen molar-refractivity contribution in [1.82, 2.24) is 0 Å². The highest BCUT2D eigenvalue weighted by atomic mass is 31.2. The van der Waals surface area contributed by atoms with Crippen LogP contribution in [0.5, 0.6) is 0 Å². The molecular formula is C27H55NO7P+. The number of carbonyl (C=O) groups is 1. The number of likely N-dealkylation sites (N-methyl/N-ethyl adjacent to an activating group) is 1. The van der Waals surface area contributed by atoms with Crippen LogP contribution in [0.2, 0.25) is 0 Å². The number of ether oxygens (including phenoxy) is 1. The van der Waals surface area contributed by atoms with Gasteiger partial charge in [0.15, 0.2) is 5.78 Å². The Hall–Kier alpha value is -0.600. The van der Waals surface area contributed by atoms with Crippen LogP contribution in [0.3, 0.4) is 0 Å². The van der Waals surface area contributed by atoms with Gasteiger partial charge in [0.1, 0.15) is 25.4 Å². The van der Waals surface area contributed by atoms with E-state index in [0.717, 1.165) is 19.3 Å². The molecule has 2 unspecified atom stereocenters. The summed E-state index contributed by atoms with van der Waals surface area (Å²) < 4.78 is 28.0. The average Bonchev–Trinajstić information content (AvgIpc) is 2.80. The number of quaternary nitrogens is 1. The molecular weight excluding hydrogens is 481 g/mol. The minimum absolute atomic E-state index is 0.0295. The summed E-state index contributed by atoms with van der Waals surface area (Å²) in [4.78, 5) is 22.5. The Morgan fingerprint density at radius 1 is 0.917 bits per heavy atom. The smallest absolute Gasteiger partial charge is 0.387 e. The molecule has 0 aromatic heterocycles. The lowest BCUT2D eigenvalue weighted by atomic mass is 10.0. The van der Waals surface area contributed by atoms with Crippen LogP contribution >= 0.6 is 7.82 Å². The van der Waals surface area contributed by atoms with E-state index >= 15 is 0 Å². The molecule has 0 spiro atoms. The molecule has 2 N–H and O–H groups in total. The standard InChI is InChI=1S/C27H54NO7P/c1-6-8-9-10-11-12-13-14-15-16-17-18-19-20-25(29)27(33-22-7-2)26(30)24-35-36(31,32)34-23-21-28(3,4)5/h7,26-27,30H,2,6,8-24H2,1,3-5H3/p+1/t26-,27?/m0/s1. The van der Waals surface area contributed by atoms with Crippen molar-refractivity contribution in [2.45, 2.75) is 109 Å². The average molecular weight is 537 g/mol. The predicted octanol–water partition coefficient (Wildman–Crippen LogP) is 5.81. The van der Waals surface area contributed by atoms with Gasteiger partial charge in [-0.15, -0.1) is 6.58 Å². The summed E-state index contributed by atoms with van der Waals surface area (Å²) >= 11 is 0. The number of aliphatic hydroxyl groups excluding tert-OH is 1. The van der Waals surface area contributed by atoms with Gasteiger partial charge < -0.3 is 19.2 Å². The summed E-state index contributed by atoms with van der Waals surface area (Å²) in [5, 5.41) is 10.4. The first-order valence-corrected chi connectivity index (χ1v) is 15.4. The summed E-state index contributed by atoms with van der Waals surface area (Å²) in [6, 6.07) is 0. The van der Waals surface area contributed by atoms with Crippen molar-refractivity contribution in [3.63, 3.8) is 0 Å². The van der Waals surface area contributed by atoms with Crippen molar-refractivity contribution in [1.29, 1.82) is 0 Å². The van der Waals surface area contributed by atoms with E-state index in [1.165, 1.54) is 70.3 Å². The second kappa shape index (κ2) is 21.3. The van der Waals surface area contributed by atoms with Gasteiger partial charge in [0.25, 0.3) is 0 Å². The lowest BCUT2D eigenvalue weighted by Gasteiger charge is -2.25. The number of Topliss-reactive ketones (excluding diaryl/α,β-unsaturated/α-hetero) is 1. The van der Waals surface area contributed by atoms with Crippen molar-refractivity contribution in [3.8, 4) is 0 Å². The summed E-state index contributed by atoms with van der Waals surface area (Å²) in [5.41, 5.74) is 0. The minimum atomic E-state index is -4.34. The quantitative estimate of drug-likeness (QED) is 0.0623.